The Labute approximate surface area is 319 Å². The van der Waals surface area contributed by atoms with Crippen LogP contribution in [0, 0.1) is 0 Å². The number of furan rings is 1. The molecule has 0 radical (unpaired) electrons. The topological polar surface area (TPSA) is 119 Å². The molecule has 11 heteroatoms. The van der Waals surface area contributed by atoms with Crippen LogP contribution in [0.5, 0.6) is 5.75 Å². The van der Waals surface area contributed by atoms with Gasteiger partial charge in [0.05, 0.1) is 24.9 Å². The lowest BCUT2D eigenvalue weighted by atomic mass is 10.0. The number of benzene rings is 3. The normalized spacial score (nSPS) is 13.1. The molecule has 0 bridgehead atoms. The number of nitrogens with one attached hydrogen (secondary N) is 1. The highest BCUT2D eigenvalue weighted by Gasteiger charge is 2.28. The zero-order chi connectivity index (χ0) is 38.0. The van der Waals surface area contributed by atoms with Crippen molar-refractivity contribution < 1.29 is 28.6 Å². The fraction of sp³-hybridized carbons (Fsp3) is 0.419. The third-order valence-corrected chi connectivity index (χ3v) is 9.59. The largest absolute Gasteiger partial charge is 0.508 e. The summed E-state index contributed by atoms with van der Waals surface area (Å²) in [6.45, 7) is 4.55. The average Bonchev–Trinajstić information content (AvgIpc) is 3.70. The third-order valence-electron chi connectivity index (χ3n) is 9.59. The molecule has 0 spiro atoms. The summed E-state index contributed by atoms with van der Waals surface area (Å²) in [6, 6.07) is 28.6. The number of para-hydroxylation sites is 1. The average molecular weight is 738 g/mol. The van der Waals surface area contributed by atoms with Crippen LogP contribution in [0.4, 0.5) is 10.5 Å². The van der Waals surface area contributed by atoms with E-state index < -0.39 is 6.09 Å². The Bertz CT molecular complexity index is 1710. The summed E-state index contributed by atoms with van der Waals surface area (Å²) in [5.41, 5.74) is 3.68. The number of unbranched alkanes of at least 4 members (excludes halogenated alkanes) is 2. The number of phenols is 1. The lowest BCUT2D eigenvalue weighted by Gasteiger charge is -2.37. The molecule has 1 aliphatic rings. The number of piperidine rings is 1. The lowest BCUT2D eigenvalue weighted by Crippen LogP contribution is -2.49. The van der Waals surface area contributed by atoms with Crippen LogP contribution in [0.3, 0.4) is 0 Å². The number of carbonyl (C=O) groups is 3. The van der Waals surface area contributed by atoms with Gasteiger partial charge in [0.25, 0.3) is 0 Å². The first kappa shape index (κ1) is 40.1. The van der Waals surface area contributed by atoms with E-state index in [1.165, 1.54) is 0 Å². The Morgan fingerprint density at radius 1 is 0.796 bits per heavy atom. The number of hydrogen-bond donors (Lipinski definition) is 2. The van der Waals surface area contributed by atoms with Crippen molar-refractivity contribution in [2.45, 2.75) is 70.9 Å². The second kappa shape index (κ2) is 21.5. The van der Waals surface area contributed by atoms with Crippen molar-refractivity contribution in [1.82, 2.24) is 20.1 Å². The summed E-state index contributed by atoms with van der Waals surface area (Å²) in [5, 5.41) is 16.4. The van der Waals surface area contributed by atoms with Crippen molar-refractivity contribution in [3.05, 3.63) is 109 Å². The Morgan fingerprint density at radius 2 is 1.56 bits per heavy atom. The summed E-state index contributed by atoms with van der Waals surface area (Å²) in [7, 11) is 2.02. The van der Waals surface area contributed by atoms with Gasteiger partial charge in [0.1, 0.15) is 18.1 Å². The van der Waals surface area contributed by atoms with Crippen LogP contribution in [-0.4, -0.2) is 84.2 Å². The number of hydrogen-bond acceptors (Lipinski definition) is 8. The summed E-state index contributed by atoms with van der Waals surface area (Å²) >= 11 is 0. The molecule has 4 aromatic rings. The van der Waals surface area contributed by atoms with Crippen molar-refractivity contribution in [1.29, 1.82) is 0 Å². The maximum absolute atomic E-state index is 13.6. The molecule has 1 fully saturated rings. The summed E-state index contributed by atoms with van der Waals surface area (Å²) in [5.74, 6) is 1.02. The van der Waals surface area contributed by atoms with E-state index >= 15 is 0 Å². The maximum Gasteiger partial charge on any atom is 0.429 e. The van der Waals surface area contributed by atoms with Gasteiger partial charge in [-0.1, -0.05) is 67.1 Å². The molecule has 54 heavy (non-hydrogen) atoms. The van der Waals surface area contributed by atoms with E-state index in [4.69, 9.17) is 9.15 Å². The monoisotopic (exact) mass is 737 g/mol. The van der Waals surface area contributed by atoms with Gasteiger partial charge in [-0.15, -0.1) is 0 Å². The first-order chi connectivity index (χ1) is 26.4. The van der Waals surface area contributed by atoms with E-state index in [1.807, 2.05) is 90.8 Å². The molecule has 0 aliphatic carbocycles. The van der Waals surface area contributed by atoms with Crippen LogP contribution in [0.1, 0.15) is 69.1 Å². The molecule has 0 atom stereocenters. The number of nitrogens with zero attached hydrogens (tertiary/aromatic N) is 4. The van der Waals surface area contributed by atoms with Gasteiger partial charge in [-0.3, -0.25) is 14.5 Å². The van der Waals surface area contributed by atoms with Crippen LogP contribution in [0.2, 0.25) is 0 Å². The molecule has 2 N–H and O–H groups in total. The van der Waals surface area contributed by atoms with E-state index in [-0.39, 0.29) is 30.6 Å². The predicted octanol–water partition coefficient (Wildman–Crippen LogP) is 7.61. The SMILES string of the molecule is CN(CCCC(=O)N(CCCCCNC(=O)CCOC(=O)N(c1ccccc1-c1ccccc1)N1CCCCC1)Cc1ccc(O)cc1)Cc1ccco1. The van der Waals surface area contributed by atoms with E-state index in [2.05, 4.69) is 15.2 Å². The highest BCUT2D eigenvalue weighted by molar-refractivity contribution is 5.93. The van der Waals surface area contributed by atoms with Crippen molar-refractivity contribution in [3.63, 3.8) is 0 Å². The summed E-state index contributed by atoms with van der Waals surface area (Å²) in [4.78, 5) is 43.6. The Kier molecular flexibility index (Phi) is 16.0. The van der Waals surface area contributed by atoms with E-state index in [0.29, 0.717) is 32.6 Å². The molecule has 5 rings (SSSR count). The molecular weight excluding hydrogens is 683 g/mol. The number of phenolic OH excluding ortho intramolecular Hbond substituents is 1. The maximum atomic E-state index is 13.6. The Balaban J connectivity index is 1.04. The molecule has 11 nitrogen and oxygen atoms in total. The van der Waals surface area contributed by atoms with Gasteiger partial charge in [-0.2, -0.15) is 0 Å². The minimum Gasteiger partial charge on any atom is -0.508 e. The Hall–Kier alpha value is -5.13. The molecular formula is C43H55N5O6. The van der Waals surface area contributed by atoms with Crippen molar-refractivity contribution in [3.8, 4) is 16.9 Å². The number of amides is 3. The standard InChI is InChI=1S/C43H55N5O6/c1-45(34-38-17-14-31-53-38)27-13-20-42(51)46(33-35-21-23-37(49)24-22-35)28-10-3-9-26-44-41(50)25-32-54-43(52)48(47-29-11-4-12-30-47)40-19-8-7-18-39(40)36-15-5-2-6-16-36/h2,5-8,14-19,21-24,31,49H,3-4,9-13,20,25-30,32-34H2,1H3,(H,44,50). The number of ether oxygens (including phenoxy) is 1. The quantitative estimate of drug-likeness (QED) is 0.0891. The second-order valence-corrected chi connectivity index (χ2v) is 13.9. The van der Waals surface area contributed by atoms with Gasteiger partial charge >= 0.3 is 6.09 Å². The predicted molar refractivity (Wildman–Crippen MR) is 210 cm³/mol. The number of anilines is 1. The molecule has 3 aromatic carbocycles. The second-order valence-electron chi connectivity index (χ2n) is 13.9. The fourth-order valence-electron chi connectivity index (χ4n) is 6.70. The first-order valence-corrected chi connectivity index (χ1v) is 19.3. The molecule has 0 unspecified atom stereocenters. The van der Waals surface area contributed by atoms with Crippen LogP contribution in [0.15, 0.2) is 102 Å². The summed E-state index contributed by atoms with van der Waals surface area (Å²) < 4.78 is 11.1. The van der Waals surface area contributed by atoms with Crippen molar-refractivity contribution in [2.75, 3.05) is 51.4 Å². The number of aromatic hydroxyl groups is 1. The van der Waals surface area contributed by atoms with Crippen LogP contribution >= 0.6 is 0 Å². The summed E-state index contributed by atoms with van der Waals surface area (Å²) in [6.07, 6.45) is 7.96. The van der Waals surface area contributed by atoms with Gasteiger partial charge in [0, 0.05) is 44.7 Å². The molecule has 2 heterocycles. The van der Waals surface area contributed by atoms with Crippen LogP contribution in [-0.2, 0) is 27.4 Å². The molecule has 1 aliphatic heterocycles. The van der Waals surface area contributed by atoms with Gasteiger partial charge in [-0.05, 0) is 93.6 Å². The molecule has 1 aromatic heterocycles. The van der Waals surface area contributed by atoms with Crippen LogP contribution in [0.25, 0.3) is 11.1 Å². The van der Waals surface area contributed by atoms with Crippen molar-refractivity contribution in [2.24, 2.45) is 0 Å². The number of hydrazine groups is 1. The highest BCUT2D eigenvalue weighted by Crippen LogP contribution is 2.33. The zero-order valence-corrected chi connectivity index (χ0v) is 31.5. The highest BCUT2D eigenvalue weighted by atomic mass is 16.6. The smallest absolute Gasteiger partial charge is 0.429 e. The van der Waals surface area contributed by atoms with Gasteiger partial charge in [-0.25, -0.2) is 14.8 Å². The molecule has 0 saturated carbocycles. The zero-order valence-electron chi connectivity index (χ0n) is 31.5. The van der Waals surface area contributed by atoms with Gasteiger partial charge in [0.15, 0.2) is 0 Å². The molecule has 1 saturated heterocycles. The Morgan fingerprint density at radius 3 is 2.31 bits per heavy atom. The third kappa shape index (κ3) is 12.8. The van der Waals surface area contributed by atoms with E-state index in [9.17, 15) is 19.5 Å². The minimum atomic E-state index is -0.486. The van der Waals surface area contributed by atoms with E-state index in [1.54, 1.807) is 23.4 Å². The molecule has 3 amide bonds. The van der Waals surface area contributed by atoms with E-state index in [0.717, 1.165) is 92.7 Å². The molecule has 288 valence electrons. The number of rotatable bonds is 20. The fourth-order valence-corrected chi connectivity index (χ4v) is 6.70. The van der Waals surface area contributed by atoms with Crippen molar-refractivity contribution >= 4 is 23.6 Å². The van der Waals surface area contributed by atoms with Crippen LogP contribution < -0.4 is 10.3 Å². The van der Waals surface area contributed by atoms with Gasteiger partial charge in [0.2, 0.25) is 11.8 Å². The first-order valence-electron chi connectivity index (χ1n) is 19.3. The minimum absolute atomic E-state index is 0.0184. The van der Waals surface area contributed by atoms with Gasteiger partial charge < -0.3 is 24.5 Å². The number of carbonyl (C=O) groups excluding carboxylic acids is 3. The lowest BCUT2D eigenvalue weighted by molar-refractivity contribution is -0.132.